The van der Waals surface area contributed by atoms with Crippen molar-refractivity contribution < 1.29 is 13.2 Å². The molecule has 8 heteroatoms. The van der Waals surface area contributed by atoms with Gasteiger partial charge in [0.1, 0.15) is 9.88 Å². The summed E-state index contributed by atoms with van der Waals surface area (Å²) >= 11 is 2.93. The van der Waals surface area contributed by atoms with Crippen molar-refractivity contribution in [2.45, 2.75) is 12.2 Å². The lowest BCUT2D eigenvalue weighted by Gasteiger charge is -2.30. The van der Waals surface area contributed by atoms with Crippen molar-refractivity contribution >= 4 is 38.4 Å². The van der Waals surface area contributed by atoms with Gasteiger partial charge >= 0.3 is 0 Å². The van der Waals surface area contributed by atoms with E-state index in [1.54, 1.807) is 29.4 Å². The third-order valence-corrected chi connectivity index (χ3v) is 7.35. The van der Waals surface area contributed by atoms with E-state index in [0.29, 0.717) is 4.88 Å². The lowest BCUT2D eigenvalue weighted by atomic mass is 10.3. The highest BCUT2D eigenvalue weighted by molar-refractivity contribution is 7.92. The molecule has 1 aliphatic heterocycles. The highest BCUT2D eigenvalue weighted by Crippen LogP contribution is 2.28. The molecule has 1 atom stereocenters. The first-order valence-electron chi connectivity index (χ1n) is 6.46. The number of thiazole rings is 1. The molecular weight excluding hydrogens is 328 g/mol. The summed E-state index contributed by atoms with van der Waals surface area (Å²) in [5.74, 6) is -0.0912. The summed E-state index contributed by atoms with van der Waals surface area (Å²) in [5.41, 5.74) is 1.01. The van der Waals surface area contributed by atoms with Gasteiger partial charge in [-0.25, -0.2) is 13.4 Å². The summed E-state index contributed by atoms with van der Waals surface area (Å²) in [6, 6.07) is 1.97. The number of carbonyl (C=O) groups excluding carboxylic acids is 1. The van der Waals surface area contributed by atoms with Gasteiger partial charge in [0.25, 0.3) is 5.91 Å². The number of sulfone groups is 1. The Labute approximate surface area is 131 Å². The van der Waals surface area contributed by atoms with Crippen molar-refractivity contribution in [3.05, 3.63) is 27.9 Å². The van der Waals surface area contributed by atoms with E-state index in [2.05, 4.69) is 4.98 Å². The number of rotatable bonds is 2. The molecule has 0 aromatic carbocycles. The molecule has 21 heavy (non-hydrogen) atoms. The first-order valence-corrected chi connectivity index (χ1v) is 9.94. The monoisotopic (exact) mass is 342 g/mol. The lowest BCUT2D eigenvalue weighted by Crippen LogP contribution is -2.47. The Kier molecular flexibility index (Phi) is 3.85. The molecule has 0 N–H and O–H groups in total. The SMILES string of the molecule is CC1CN(C(=O)c2cnc(-c3ccsc3)s2)CCS1(=O)=O. The van der Waals surface area contributed by atoms with Crippen LogP contribution in [0.4, 0.5) is 0 Å². The van der Waals surface area contributed by atoms with Crippen molar-refractivity contribution in [2.75, 3.05) is 18.8 Å². The number of hydrogen-bond donors (Lipinski definition) is 0. The lowest BCUT2D eigenvalue weighted by molar-refractivity contribution is 0.0765. The van der Waals surface area contributed by atoms with Crippen LogP contribution >= 0.6 is 22.7 Å². The summed E-state index contributed by atoms with van der Waals surface area (Å²) < 4.78 is 23.4. The van der Waals surface area contributed by atoms with E-state index in [9.17, 15) is 13.2 Å². The first-order chi connectivity index (χ1) is 9.97. The molecule has 1 amide bonds. The molecule has 0 radical (unpaired) electrons. The number of aromatic nitrogens is 1. The zero-order chi connectivity index (χ0) is 15.0. The maximum absolute atomic E-state index is 12.4. The Morgan fingerprint density at radius 2 is 2.29 bits per heavy atom. The largest absolute Gasteiger partial charge is 0.336 e. The molecule has 0 saturated carbocycles. The van der Waals surface area contributed by atoms with E-state index in [1.807, 2.05) is 16.8 Å². The van der Waals surface area contributed by atoms with E-state index in [-0.39, 0.29) is 24.7 Å². The van der Waals surface area contributed by atoms with Crippen molar-refractivity contribution in [2.24, 2.45) is 0 Å². The fourth-order valence-corrected chi connectivity index (χ4v) is 5.07. The minimum Gasteiger partial charge on any atom is -0.336 e. The van der Waals surface area contributed by atoms with Crippen LogP contribution in [0.1, 0.15) is 16.6 Å². The number of amides is 1. The highest BCUT2D eigenvalue weighted by atomic mass is 32.2. The smallest absolute Gasteiger partial charge is 0.265 e. The molecule has 0 spiro atoms. The number of nitrogens with zero attached hydrogens (tertiary/aromatic N) is 2. The van der Waals surface area contributed by atoms with Crippen LogP contribution in [0.5, 0.6) is 0 Å². The molecule has 3 rings (SSSR count). The van der Waals surface area contributed by atoms with Crippen molar-refractivity contribution in [3.63, 3.8) is 0 Å². The summed E-state index contributed by atoms with van der Waals surface area (Å²) in [5, 5.41) is 4.27. The van der Waals surface area contributed by atoms with E-state index >= 15 is 0 Å². The normalized spacial score (nSPS) is 21.4. The maximum Gasteiger partial charge on any atom is 0.265 e. The van der Waals surface area contributed by atoms with Gasteiger partial charge in [0.15, 0.2) is 9.84 Å². The van der Waals surface area contributed by atoms with Gasteiger partial charge in [0, 0.05) is 24.0 Å². The standard InChI is InChI=1S/C13H14N2O3S3/c1-9-7-15(3-5-21(9,17)18)13(16)11-6-14-12(20-11)10-2-4-19-8-10/h2,4,6,8-9H,3,5,7H2,1H3. The molecule has 112 valence electrons. The molecule has 0 bridgehead atoms. The molecule has 2 aromatic heterocycles. The van der Waals surface area contributed by atoms with Gasteiger partial charge in [-0.1, -0.05) is 0 Å². The Hall–Kier alpha value is -1.25. The molecule has 5 nitrogen and oxygen atoms in total. The van der Waals surface area contributed by atoms with Crippen molar-refractivity contribution in [1.82, 2.24) is 9.88 Å². The molecule has 0 aliphatic carbocycles. The fraction of sp³-hybridized carbons (Fsp3) is 0.385. The molecule has 1 fully saturated rings. The molecule has 1 saturated heterocycles. The second-order valence-electron chi connectivity index (χ2n) is 4.97. The summed E-state index contributed by atoms with van der Waals surface area (Å²) in [6.07, 6.45) is 1.58. The van der Waals surface area contributed by atoms with Crippen LogP contribution in [0.2, 0.25) is 0 Å². The minimum atomic E-state index is -3.05. The van der Waals surface area contributed by atoms with Gasteiger partial charge in [0.2, 0.25) is 0 Å². The van der Waals surface area contributed by atoms with Crippen LogP contribution in [-0.4, -0.2) is 48.3 Å². The quantitative estimate of drug-likeness (QED) is 0.838. The average Bonchev–Trinajstić information content (AvgIpc) is 3.10. The topological polar surface area (TPSA) is 67.3 Å². The number of hydrogen-bond acceptors (Lipinski definition) is 6. The van der Waals surface area contributed by atoms with Crippen LogP contribution in [0.3, 0.4) is 0 Å². The predicted octanol–water partition coefficient (Wildman–Crippen LogP) is 2.13. The fourth-order valence-electron chi connectivity index (χ4n) is 2.19. The van der Waals surface area contributed by atoms with Crippen LogP contribution < -0.4 is 0 Å². The Morgan fingerprint density at radius 1 is 1.48 bits per heavy atom. The third-order valence-electron chi connectivity index (χ3n) is 3.51. The second-order valence-corrected chi connectivity index (χ2v) is 9.32. The van der Waals surface area contributed by atoms with E-state index < -0.39 is 15.1 Å². The predicted molar refractivity (Wildman–Crippen MR) is 84.6 cm³/mol. The first kappa shape index (κ1) is 14.7. The van der Waals surface area contributed by atoms with Crippen LogP contribution in [0.25, 0.3) is 10.6 Å². The molecular formula is C13H14N2O3S3. The van der Waals surface area contributed by atoms with Gasteiger partial charge < -0.3 is 4.90 Å². The van der Waals surface area contributed by atoms with Crippen LogP contribution in [0.15, 0.2) is 23.0 Å². The number of thiophene rings is 1. The Morgan fingerprint density at radius 3 is 2.95 bits per heavy atom. The van der Waals surface area contributed by atoms with Crippen LogP contribution in [0, 0.1) is 0 Å². The zero-order valence-electron chi connectivity index (χ0n) is 11.4. The average molecular weight is 342 g/mol. The van der Waals surface area contributed by atoms with E-state index in [4.69, 9.17) is 0 Å². The Bertz CT molecular complexity index is 749. The third kappa shape index (κ3) is 2.88. The summed E-state index contributed by atoms with van der Waals surface area (Å²) in [4.78, 5) is 18.9. The van der Waals surface area contributed by atoms with Crippen molar-refractivity contribution in [3.8, 4) is 10.6 Å². The summed E-state index contributed by atoms with van der Waals surface area (Å²) in [7, 11) is -3.05. The van der Waals surface area contributed by atoms with E-state index in [0.717, 1.165) is 10.6 Å². The van der Waals surface area contributed by atoms with Crippen LogP contribution in [-0.2, 0) is 9.84 Å². The maximum atomic E-state index is 12.4. The minimum absolute atomic E-state index is 0.0378. The van der Waals surface area contributed by atoms with Gasteiger partial charge in [-0.3, -0.25) is 4.79 Å². The zero-order valence-corrected chi connectivity index (χ0v) is 13.8. The number of carbonyl (C=O) groups is 1. The van der Waals surface area contributed by atoms with Gasteiger partial charge in [0.05, 0.1) is 17.2 Å². The molecule has 3 heterocycles. The molecule has 1 aliphatic rings. The van der Waals surface area contributed by atoms with Gasteiger partial charge in [-0.05, 0) is 18.4 Å². The Balaban J connectivity index is 1.77. The van der Waals surface area contributed by atoms with E-state index in [1.165, 1.54) is 11.3 Å². The van der Waals surface area contributed by atoms with Gasteiger partial charge in [-0.2, -0.15) is 11.3 Å². The highest BCUT2D eigenvalue weighted by Gasteiger charge is 2.32. The van der Waals surface area contributed by atoms with Crippen molar-refractivity contribution in [1.29, 1.82) is 0 Å². The summed E-state index contributed by atoms with van der Waals surface area (Å²) in [6.45, 7) is 2.17. The second kappa shape index (κ2) is 5.51. The molecule has 1 unspecified atom stereocenters. The molecule has 2 aromatic rings. The van der Waals surface area contributed by atoms with Gasteiger partial charge in [-0.15, -0.1) is 11.3 Å².